The number of rotatable bonds is 3. The van der Waals surface area contributed by atoms with Crippen molar-refractivity contribution in [3.05, 3.63) is 35.9 Å². The number of carbonyl (C=O) groups is 2. The fraction of sp³-hybridized carbons (Fsp3) is 0.467. The Morgan fingerprint density at radius 2 is 2.00 bits per heavy atom. The van der Waals surface area contributed by atoms with E-state index >= 15 is 0 Å². The van der Waals surface area contributed by atoms with Gasteiger partial charge in [0.1, 0.15) is 5.92 Å². The first kappa shape index (κ1) is 13.7. The van der Waals surface area contributed by atoms with Crippen LogP contribution in [0.25, 0.3) is 0 Å². The van der Waals surface area contributed by atoms with E-state index in [9.17, 15) is 9.59 Å². The van der Waals surface area contributed by atoms with Crippen LogP contribution in [0.4, 0.5) is 0 Å². The Balaban J connectivity index is 2.07. The minimum absolute atomic E-state index is 0.00355. The first-order valence-corrected chi connectivity index (χ1v) is 6.49. The molecule has 102 valence electrons. The maximum atomic E-state index is 12.0. The van der Waals surface area contributed by atoms with E-state index in [1.165, 1.54) is 12.7 Å². The second kappa shape index (κ2) is 5.97. The third-order valence-electron chi connectivity index (χ3n) is 3.54. The van der Waals surface area contributed by atoms with Gasteiger partial charge in [0.05, 0.1) is 7.11 Å². The fourth-order valence-electron chi connectivity index (χ4n) is 2.55. The quantitative estimate of drug-likeness (QED) is 0.611. The topological polar surface area (TPSA) is 46.6 Å². The molecule has 0 spiro atoms. The van der Waals surface area contributed by atoms with Crippen LogP contribution in [0.3, 0.4) is 0 Å². The maximum Gasteiger partial charge on any atom is 0.317 e. The Kier molecular flexibility index (Phi) is 4.32. The minimum Gasteiger partial charge on any atom is -0.468 e. The summed E-state index contributed by atoms with van der Waals surface area (Å²) in [4.78, 5) is 25.8. The van der Waals surface area contributed by atoms with Crippen molar-refractivity contribution in [2.75, 3.05) is 20.2 Å². The molecule has 0 unspecified atom stereocenters. The highest BCUT2D eigenvalue weighted by atomic mass is 16.5. The van der Waals surface area contributed by atoms with Crippen molar-refractivity contribution in [2.45, 2.75) is 13.5 Å². The normalized spacial score (nSPS) is 24.2. The van der Waals surface area contributed by atoms with Gasteiger partial charge >= 0.3 is 5.97 Å². The van der Waals surface area contributed by atoms with Crippen molar-refractivity contribution in [3.63, 3.8) is 0 Å². The molecule has 1 saturated heterocycles. The van der Waals surface area contributed by atoms with Crippen LogP contribution in [0.5, 0.6) is 0 Å². The molecular weight excluding hydrogens is 242 g/mol. The summed E-state index contributed by atoms with van der Waals surface area (Å²) in [5.74, 6) is -1.19. The molecule has 19 heavy (non-hydrogen) atoms. The lowest BCUT2D eigenvalue weighted by atomic mass is 9.88. The van der Waals surface area contributed by atoms with Crippen LogP contribution in [0.2, 0.25) is 0 Å². The molecule has 2 rings (SSSR count). The van der Waals surface area contributed by atoms with Crippen LogP contribution in [0.1, 0.15) is 12.5 Å². The molecule has 0 aromatic heterocycles. The molecule has 1 fully saturated rings. The van der Waals surface area contributed by atoms with Gasteiger partial charge in [0.25, 0.3) is 0 Å². The number of carbonyl (C=O) groups excluding carboxylic acids is 2. The van der Waals surface area contributed by atoms with Crippen LogP contribution < -0.4 is 0 Å². The molecule has 1 heterocycles. The van der Waals surface area contributed by atoms with E-state index in [0.29, 0.717) is 13.1 Å². The zero-order valence-electron chi connectivity index (χ0n) is 11.3. The summed E-state index contributed by atoms with van der Waals surface area (Å²) in [6.07, 6.45) is 0. The number of esters is 1. The summed E-state index contributed by atoms with van der Waals surface area (Å²) in [7, 11) is 1.33. The lowest BCUT2D eigenvalue weighted by molar-refractivity contribution is -0.153. The number of Topliss-reactive ketones (excluding diaryl/α,β-unsaturated/α-hetero) is 1. The van der Waals surface area contributed by atoms with E-state index in [0.717, 1.165) is 6.54 Å². The number of nitrogens with zero attached hydrogens (tertiary/aromatic N) is 1. The van der Waals surface area contributed by atoms with Crippen molar-refractivity contribution in [2.24, 2.45) is 11.8 Å². The Bertz CT molecular complexity index is 458. The monoisotopic (exact) mass is 261 g/mol. The zero-order valence-corrected chi connectivity index (χ0v) is 11.3. The third-order valence-corrected chi connectivity index (χ3v) is 3.54. The first-order chi connectivity index (χ1) is 9.11. The predicted molar refractivity (Wildman–Crippen MR) is 71.4 cm³/mol. The molecule has 4 heteroatoms. The number of piperidine rings is 1. The molecule has 4 nitrogen and oxygen atoms in total. The highest BCUT2D eigenvalue weighted by Gasteiger charge is 2.37. The van der Waals surface area contributed by atoms with Gasteiger partial charge in [-0.05, 0) is 5.56 Å². The second-order valence-electron chi connectivity index (χ2n) is 5.06. The molecule has 1 aromatic carbocycles. The van der Waals surface area contributed by atoms with Crippen molar-refractivity contribution < 1.29 is 14.3 Å². The largest absolute Gasteiger partial charge is 0.468 e. The summed E-state index contributed by atoms with van der Waals surface area (Å²) in [5.41, 5.74) is 1.19. The SMILES string of the molecule is COC(=O)[C@@H]1CN(Cc2ccccc2)C[C@H](C)C1=O. The van der Waals surface area contributed by atoms with Gasteiger partial charge in [0, 0.05) is 25.6 Å². The Hall–Kier alpha value is -1.68. The lowest BCUT2D eigenvalue weighted by Gasteiger charge is -2.34. The van der Waals surface area contributed by atoms with Gasteiger partial charge in [-0.15, -0.1) is 0 Å². The third kappa shape index (κ3) is 3.20. The van der Waals surface area contributed by atoms with Gasteiger partial charge in [-0.3, -0.25) is 14.5 Å². The van der Waals surface area contributed by atoms with Crippen LogP contribution in [-0.4, -0.2) is 36.9 Å². The van der Waals surface area contributed by atoms with Gasteiger partial charge in [-0.1, -0.05) is 37.3 Å². The van der Waals surface area contributed by atoms with Gasteiger partial charge in [0.2, 0.25) is 0 Å². The van der Waals surface area contributed by atoms with Gasteiger partial charge in [-0.2, -0.15) is 0 Å². The molecule has 0 N–H and O–H groups in total. The number of benzene rings is 1. The van der Waals surface area contributed by atoms with Crippen molar-refractivity contribution in [1.29, 1.82) is 0 Å². The van der Waals surface area contributed by atoms with Gasteiger partial charge in [0.15, 0.2) is 5.78 Å². The fourth-order valence-corrected chi connectivity index (χ4v) is 2.55. The molecule has 0 saturated carbocycles. The maximum absolute atomic E-state index is 12.0. The van der Waals surface area contributed by atoms with Crippen LogP contribution in [0.15, 0.2) is 30.3 Å². The van der Waals surface area contributed by atoms with Gasteiger partial charge < -0.3 is 4.74 Å². The van der Waals surface area contributed by atoms with Crippen molar-refractivity contribution in [1.82, 2.24) is 4.90 Å². The van der Waals surface area contributed by atoms with E-state index < -0.39 is 11.9 Å². The summed E-state index contributed by atoms with van der Waals surface area (Å²) < 4.78 is 4.72. The summed E-state index contributed by atoms with van der Waals surface area (Å²) >= 11 is 0. The highest BCUT2D eigenvalue weighted by Crippen LogP contribution is 2.21. The molecule has 0 radical (unpaired) electrons. The number of methoxy groups -OCH3 is 1. The van der Waals surface area contributed by atoms with E-state index in [-0.39, 0.29) is 11.7 Å². The standard InChI is InChI=1S/C15H19NO3/c1-11-8-16(9-12-6-4-3-5-7-12)10-13(14(11)17)15(18)19-2/h3-7,11,13H,8-10H2,1-2H3/t11-,13+/m0/s1. The van der Waals surface area contributed by atoms with Gasteiger partial charge in [-0.25, -0.2) is 0 Å². The highest BCUT2D eigenvalue weighted by molar-refractivity contribution is 6.00. The number of ether oxygens (including phenoxy) is 1. The number of hydrogen-bond donors (Lipinski definition) is 0. The van der Waals surface area contributed by atoms with E-state index in [1.807, 2.05) is 37.3 Å². The average Bonchev–Trinajstić information content (AvgIpc) is 2.43. The lowest BCUT2D eigenvalue weighted by Crippen LogP contribution is -2.48. The number of likely N-dealkylation sites (tertiary alicyclic amines) is 1. The van der Waals surface area contributed by atoms with Crippen LogP contribution in [-0.2, 0) is 20.9 Å². The summed E-state index contributed by atoms with van der Waals surface area (Å²) in [5, 5.41) is 0. The molecule has 0 amide bonds. The summed E-state index contributed by atoms with van der Waals surface area (Å²) in [6.45, 7) is 3.77. The molecule has 1 aromatic rings. The minimum atomic E-state index is -0.641. The van der Waals surface area contributed by atoms with Crippen LogP contribution >= 0.6 is 0 Å². The van der Waals surface area contributed by atoms with E-state index in [1.54, 1.807) is 0 Å². The average molecular weight is 261 g/mol. The molecule has 1 aliphatic heterocycles. The van der Waals surface area contributed by atoms with Crippen molar-refractivity contribution >= 4 is 11.8 Å². The zero-order chi connectivity index (χ0) is 13.8. The van der Waals surface area contributed by atoms with Crippen LogP contribution in [0, 0.1) is 11.8 Å². The van der Waals surface area contributed by atoms with Crippen molar-refractivity contribution in [3.8, 4) is 0 Å². The Morgan fingerprint density at radius 3 is 2.63 bits per heavy atom. The first-order valence-electron chi connectivity index (χ1n) is 6.49. The summed E-state index contributed by atoms with van der Waals surface area (Å²) in [6, 6.07) is 10.1. The van der Waals surface area contributed by atoms with E-state index in [4.69, 9.17) is 4.74 Å². The number of hydrogen-bond acceptors (Lipinski definition) is 4. The molecule has 0 bridgehead atoms. The Morgan fingerprint density at radius 1 is 1.32 bits per heavy atom. The molecule has 2 atom stereocenters. The molecular formula is C15H19NO3. The number of ketones is 1. The smallest absolute Gasteiger partial charge is 0.317 e. The predicted octanol–water partition coefficient (Wildman–Crippen LogP) is 1.50. The van der Waals surface area contributed by atoms with E-state index in [2.05, 4.69) is 4.90 Å². The molecule has 0 aliphatic carbocycles. The Labute approximate surface area is 113 Å². The molecule has 1 aliphatic rings. The second-order valence-corrected chi connectivity index (χ2v) is 5.06.